The molecule has 0 spiro atoms. The highest BCUT2D eigenvalue weighted by Gasteiger charge is 2.41. The Kier molecular flexibility index (Phi) is 3.45. The summed E-state index contributed by atoms with van der Waals surface area (Å²) >= 11 is 0. The second-order valence-corrected chi connectivity index (χ2v) is 7.03. The van der Waals surface area contributed by atoms with E-state index in [0.717, 1.165) is 48.9 Å². The number of aromatic nitrogens is 3. The number of fused-ring (bicyclic) bond motifs is 2. The number of imidazole rings is 1. The maximum Gasteiger partial charge on any atom is 0.141 e. The van der Waals surface area contributed by atoms with E-state index >= 15 is 0 Å². The topological polar surface area (TPSA) is 48.0 Å². The molecule has 2 unspecified atom stereocenters. The van der Waals surface area contributed by atoms with Gasteiger partial charge in [-0.05, 0) is 43.1 Å². The first kappa shape index (κ1) is 14.8. The molecule has 4 heterocycles. The van der Waals surface area contributed by atoms with Crippen LogP contribution in [0.3, 0.4) is 0 Å². The van der Waals surface area contributed by atoms with Gasteiger partial charge in [-0.15, -0.1) is 0 Å². The Labute approximate surface area is 145 Å². The lowest BCUT2D eigenvalue weighted by molar-refractivity contribution is 0.240. The molecule has 1 aromatic carbocycles. The third-order valence-electron chi connectivity index (χ3n) is 5.49. The minimum atomic E-state index is -0.283. The summed E-state index contributed by atoms with van der Waals surface area (Å²) in [6.07, 6.45) is 2.50. The van der Waals surface area contributed by atoms with Crippen LogP contribution in [0.5, 0.6) is 0 Å². The van der Waals surface area contributed by atoms with E-state index in [1.807, 2.05) is 18.2 Å². The number of nitrogens with one attached hydrogen (secondary N) is 1. The van der Waals surface area contributed by atoms with Crippen molar-refractivity contribution in [2.45, 2.75) is 19.0 Å². The molecule has 2 atom stereocenters. The van der Waals surface area contributed by atoms with Crippen LogP contribution < -0.4 is 4.90 Å². The average Bonchev–Trinajstić information content (AvgIpc) is 3.30. The lowest BCUT2D eigenvalue weighted by Crippen LogP contribution is -2.35. The molecular formula is C19H20FN5. The quantitative estimate of drug-likeness (QED) is 0.798. The van der Waals surface area contributed by atoms with Crippen LogP contribution in [0.1, 0.15) is 12.2 Å². The van der Waals surface area contributed by atoms with Gasteiger partial charge in [0.1, 0.15) is 17.5 Å². The number of benzene rings is 1. The third kappa shape index (κ3) is 2.66. The number of nitrogens with zero attached hydrogens (tertiary/aromatic N) is 4. The van der Waals surface area contributed by atoms with Crippen LogP contribution in [0.25, 0.3) is 11.0 Å². The standard InChI is InChI=1S/C19H20FN5/c20-14-5-6-19(21-9-14)25-10-13-7-8-24(17(13)11-25)12-18-22-15-3-1-2-4-16(15)23-18/h1-6,9,13,17H,7-8,10-12H2,(H,22,23). The number of para-hydroxylation sites is 2. The average molecular weight is 337 g/mol. The summed E-state index contributed by atoms with van der Waals surface area (Å²) in [5.74, 6) is 2.27. The van der Waals surface area contributed by atoms with Crippen LogP contribution in [0.2, 0.25) is 0 Å². The predicted molar refractivity (Wildman–Crippen MR) is 94.8 cm³/mol. The number of H-pyrrole nitrogens is 1. The lowest BCUT2D eigenvalue weighted by atomic mass is 10.1. The summed E-state index contributed by atoms with van der Waals surface area (Å²) in [4.78, 5) is 17.2. The molecule has 6 heteroatoms. The fourth-order valence-electron chi connectivity index (χ4n) is 4.26. The van der Waals surface area contributed by atoms with Crippen molar-refractivity contribution in [3.63, 3.8) is 0 Å². The molecule has 0 bridgehead atoms. The monoisotopic (exact) mass is 337 g/mol. The zero-order chi connectivity index (χ0) is 16.8. The Balaban J connectivity index is 1.32. The molecule has 2 fully saturated rings. The molecular weight excluding hydrogens is 317 g/mol. The Bertz CT molecular complexity index is 857. The van der Waals surface area contributed by atoms with Gasteiger partial charge < -0.3 is 9.88 Å². The number of likely N-dealkylation sites (tertiary alicyclic amines) is 1. The Morgan fingerprint density at radius 3 is 2.92 bits per heavy atom. The first-order valence-electron chi connectivity index (χ1n) is 8.80. The Hall–Kier alpha value is -2.47. The highest BCUT2D eigenvalue weighted by molar-refractivity contribution is 5.74. The van der Waals surface area contributed by atoms with Crippen LogP contribution in [-0.4, -0.2) is 45.5 Å². The van der Waals surface area contributed by atoms with Gasteiger partial charge in [-0.3, -0.25) is 4.90 Å². The molecule has 1 N–H and O–H groups in total. The van der Waals surface area contributed by atoms with Gasteiger partial charge in [-0.1, -0.05) is 12.1 Å². The van der Waals surface area contributed by atoms with E-state index in [0.29, 0.717) is 12.0 Å². The summed E-state index contributed by atoms with van der Waals surface area (Å²) in [6.45, 7) is 3.90. The molecule has 128 valence electrons. The number of hydrogen-bond acceptors (Lipinski definition) is 4. The minimum absolute atomic E-state index is 0.283. The number of anilines is 1. The summed E-state index contributed by atoms with van der Waals surface area (Å²) in [5.41, 5.74) is 2.12. The van der Waals surface area contributed by atoms with Crippen LogP contribution >= 0.6 is 0 Å². The first-order valence-corrected chi connectivity index (χ1v) is 8.80. The number of hydrogen-bond donors (Lipinski definition) is 1. The third-order valence-corrected chi connectivity index (χ3v) is 5.49. The predicted octanol–water partition coefficient (Wildman–Crippen LogP) is 2.81. The maximum atomic E-state index is 13.1. The molecule has 2 aliphatic heterocycles. The molecule has 0 radical (unpaired) electrons. The van der Waals surface area contributed by atoms with Crippen LogP contribution in [0.4, 0.5) is 10.2 Å². The van der Waals surface area contributed by atoms with Crippen molar-refractivity contribution < 1.29 is 4.39 Å². The van der Waals surface area contributed by atoms with Crippen LogP contribution in [-0.2, 0) is 6.54 Å². The zero-order valence-electron chi connectivity index (χ0n) is 13.9. The summed E-state index contributed by atoms with van der Waals surface area (Å²) in [7, 11) is 0. The molecule has 2 saturated heterocycles. The molecule has 2 aromatic heterocycles. The highest BCUT2D eigenvalue weighted by atomic mass is 19.1. The van der Waals surface area contributed by atoms with Gasteiger partial charge in [0.25, 0.3) is 0 Å². The number of aromatic amines is 1. The normalized spacial score (nSPS) is 23.5. The smallest absolute Gasteiger partial charge is 0.141 e. The fraction of sp³-hybridized carbons (Fsp3) is 0.368. The van der Waals surface area contributed by atoms with Gasteiger partial charge in [-0.2, -0.15) is 0 Å². The molecule has 0 saturated carbocycles. The number of halogens is 1. The first-order chi connectivity index (χ1) is 12.3. The van der Waals surface area contributed by atoms with E-state index in [1.165, 1.54) is 18.7 Å². The van der Waals surface area contributed by atoms with E-state index < -0.39 is 0 Å². The van der Waals surface area contributed by atoms with Crippen molar-refractivity contribution in [1.82, 2.24) is 19.9 Å². The lowest BCUT2D eigenvalue weighted by Gasteiger charge is -2.24. The molecule has 0 amide bonds. The van der Waals surface area contributed by atoms with Crippen molar-refractivity contribution in [2.24, 2.45) is 5.92 Å². The highest BCUT2D eigenvalue weighted by Crippen LogP contribution is 2.34. The van der Waals surface area contributed by atoms with E-state index in [2.05, 4.69) is 25.8 Å². The Morgan fingerprint density at radius 2 is 2.08 bits per heavy atom. The minimum Gasteiger partial charge on any atom is -0.355 e. The van der Waals surface area contributed by atoms with Crippen molar-refractivity contribution in [3.05, 3.63) is 54.2 Å². The second-order valence-electron chi connectivity index (χ2n) is 7.03. The zero-order valence-corrected chi connectivity index (χ0v) is 13.9. The molecule has 5 rings (SSSR count). The fourth-order valence-corrected chi connectivity index (χ4v) is 4.26. The molecule has 25 heavy (non-hydrogen) atoms. The van der Waals surface area contributed by atoms with E-state index in [1.54, 1.807) is 6.07 Å². The van der Waals surface area contributed by atoms with Crippen molar-refractivity contribution >= 4 is 16.9 Å². The van der Waals surface area contributed by atoms with Gasteiger partial charge in [-0.25, -0.2) is 14.4 Å². The van der Waals surface area contributed by atoms with E-state index in [-0.39, 0.29) is 5.82 Å². The molecule has 0 aliphatic carbocycles. The van der Waals surface area contributed by atoms with Gasteiger partial charge >= 0.3 is 0 Å². The van der Waals surface area contributed by atoms with Crippen molar-refractivity contribution in [3.8, 4) is 0 Å². The molecule has 5 nitrogen and oxygen atoms in total. The Morgan fingerprint density at radius 1 is 1.16 bits per heavy atom. The largest absolute Gasteiger partial charge is 0.355 e. The SMILES string of the molecule is Fc1ccc(N2CC3CCN(Cc4nc5ccccc5[nH]4)C3C2)nc1. The molecule has 3 aromatic rings. The van der Waals surface area contributed by atoms with Crippen LogP contribution in [0, 0.1) is 11.7 Å². The van der Waals surface area contributed by atoms with E-state index in [4.69, 9.17) is 4.98 Å². The second kappa shape index (κ2) is 5.81. The summed E-state index contributed by atoms with van der Waals surface area (Å²) < 4.78 is 13.1. The van der Waals surface area contributed by atoms with Gasteiger partial charge in [0, 0.05) is 19.1 Å². The van der Waals surface area contributed by atoms with Crippen molar-refractivity contribution in [1.29, 1.82) is 0 Å². The van der Waals surface area contributed by atoms with E-state index in [9.17, 15) is 4.39 Å². The number of pyridine rings is 1. The van der Waals surface area contributed by atoms with Gasteiger partial charge in [0.05, 0.1) is 23.8 Å². The van der Waals surface area contributed by atoms with Crippen molar-refractivity contribution in [2.75, 3.05) is 24.5 Å². The van der Waals surface area contributed by atoms with Crippen LogP contribution in [0.15, 0.2) is 42.6 Å². The molecule has 2 aliphatic rings. The maximum absolute atomic E-state index is 13.1. The number of rotatable bonds is 3. The van der Waals surface area contributed by atoms with Gasteiger partial charge in [0.15, 0.2) is 0 Å². The summed E-state index contributed by atoms with van der Waals surface area (Å²) in [6, 6.07) is 11.9. The summed E-state index contributed by atoms with van der Waals surface area (Å²) in [5, 5.41) is 0. The van der Waals surface area contributed by atoms with Gasteiger partial charge in [0.2, 0.25) is 0 Å².